The van der Waals surface area contributed by atoms with Crippen LogP contribution < -0.4 is 5.84 Å². The third-order valence-electron chi connectivity index (χ3n) is 3.44. The van der Waals surface area contributed by atoms with Gasteiger partial charge in [-0.1, -0.05) is 23.4 Å². The molecule has 0 unspecified atom stereocenters. The predicted molar refractivity (Wildman–Crippen MR) is 99.0 cm³/mol. The first-order valence-electron chi connectivity index (χ1n) is 7.47. The van der Waals surface area contributed by atoms with E-state index in [1.165, 1.54) is 34.0 Å². The summed E-state index contributed by atoms with van der Waals surface area (Å²) in [6.07, 6.45) is 1.54. The summed E-state index contributed by atoms with van der Waals surface area (Å²) in [5.74, 6) is 7.15. The molecule has 0 aromatic carbocycles. The van der Waals surface area contributed by atoms with Gasteiger partial charge in [0.15, 0.2) is 5.76 Å². The zero-order valence-electron chi connectivity index (χ0n) is 13.4. The fourth-order valence-corrected chi connectivity index (χ4v) is 4.03. The second kappa shape index (κ2) is 7.94. The summed E-state index contributed by atoms with van der Waals surface area (Å²) in [7, 11) is 0. The lowest BCUT2D eigenvalue weighted by Gasteiger charge is -2.19. The van der Waals surface area contributed by atoms with Gasteiger partial charge in [0.05, 0.1) is 22.9 Å². The maximum Gasteiger partial charge on any atom is 0.233 e. The van der Waals surface area contributed by atoms with Crippen molar-refractivity contribution in [2.45, 2.75) is 18.6 Å². The summed E-state index contributed by atoms with van der Waals surface area (Å²) in [6.45, 7) is 3.10. The molecule has 3 heterocycles. The summed E-state index contributed by atoms with van der Waals surface area (Å²) in [6, 6.07) is 7.26. The average molecular weight is 398 g/mol. The van der Waals surface area contributed by atoms with Gasteiger partial charge in [-0.25, -0.2) is 4.68 Å². The number of aromatic nitrogens is 3. The zero-order valence-corrected chi connectivity index (χ0v) is 15.8. The Labute approximate surface area is 157 Å². The summed E-state index contributed by atoms with van der Waals surface area (Å²) < 4.78 is 7.31. The van der Waals surface area contributed by atoms with Crippen LogP contribution in [0.4, 0.5) is 0 Å². The molecule has 0 aliphatic rings. The van der Waals surface area contributed by atoms with Crippen LogP contribution in [0.5, 0.6) is 0 Å². The van der Waals surface area contributed by atoms with Gasteiger partial charge in [-0.2, -0.15) is 0 Å². The average Bonchev–Trinajstić information content (AvgIpc) is 3.32. The third kappa shape index (κ3) is 4.17. The van der Waals surface area contributed by atoms with E-state index in [1.54, 1.807) is 17.0 Å². The highest BCUT2D eigenvalue weighted by atomic mass is 35.5. The topological polar surface area (TPSA) is 90.2 Å². The van der Waals surface area contributed by atoms with Crippen LogP contribution in [0.25, 0.3) is 11.6 Å². The molecule has 0 spiro atoms. The molecule has 0 radical (unpaired) electrons. The van der Waals surface area contributed by atoms with Gasteiger partial charge < -0.3 is 15.2 Å². The molecule has 0 bridgehead atoms. The number of nitrogens with zero attached hydrogens (tertiary/aromatic N) is 4. The number of thiophene rings is 1. The summed E-state index contributed by atoms with van der Waals surface area (Å²) in [5.41, 5.74) is 0. The lowest BCUT2D eigenvalue weighted by Crippen LogP contribution is -2.31. The summed E-state index contributed by atoms with van der Waals surface area (Å²) >= 11 is 8.66. The van der Waals surface area contributed by atoms with E-state index in [2.05, 4.69) is 10.2 Å². The van der Waals surface area contributed by atoms with Crippen molar-refractivity contribution in [3.05, 3.63) is 39.7 Å². The van der Waals surface area contributed by atoms with Crippen molar-refractivity contribution in [1.82, 2.24) is 19.8 Å². The Morgan fingerprint density at radius 3 is 2.92 bits per heavy atom. The molecule has 0 saturated heterocycles. The number of hydrogen-bond acceptors (Lipinski definition) is 7. The predicted octanol–water partition coefficient (Wildman–Crippen LogP) is 3.11. The quantitative estimate of drug-likeness (QED) is 0.486. The number of halogens is 1. The Morgan fingerprint density at radius 2 is 2.28 bits per heavy atom. The van der Waals surface area contributed by atoms with Crippen molar-refractivity contribution in [3.8, 4) is 11.6 Å². The highest BCUT2D eigenvalue weighted by Gasteiger charge is 2.18. The van der Waals surface area contributed by atoms with Crippen molar-refractivity contribution < 1.29 is 9.21 Å². The van der Waals surface area contributed by atoms with Gasteiger partial charge >= 0.3 is 0 Å². The largest absolute Gasteiger partial charge is 0.461 e. The minimum Gasteiger partial charge on any atom is -0.461 e. The van der Waals surface area contributed by atoms with Gasteiger partial charge in [-0.05, 0) is 31.2 Å². The number of thioether (sulfide) groups is 1. The van der Waals surface area contributed by atoms with Crippen molar-refractivity contribution in [3.63, 3.8) is 0 Å². The minimum atomic E-state index is -0.000397. The van der Waals surface area contributed by atoms with Crippen LogP contribution in [0.2, 0.25) is 4.34 Å². The summed E-state index contributed by atoms with van der Waals surface area (Å²) in [4.78, 5) is 15.3. The molecule has 3 aromatic rings. The highest BCUT2D eigenvalue weighted by Crippen LogP contribution is 2.24. The SMILES string of the molecule is CCN(Cc1ccc(Cl)s1)C(=O)CSc1nnc(-c2ccco2)n1N. The number of nitrogen functional groups attached to an aromatic ring is 1. The van der Waals surface area contributed by atoms with Crippen LogP contribution in [0.1, 0.15) is 11.8 Å². The van der Waals surface area contributed by atoms with Crippen LogP contribution in [-0.4, -0.2) is 38.0 Å². The molecule has 7 nitrogen and oxygen atoms in total. The Bertz CT molecular complexity index is 846. The van der Waals surface area contributed by atoms with Gasteiger partial charge in [-0.15, -0.1) is 21.5 Å². The summed E-state index contributed by atoms with van der Waals surface area (Å²) in [5, 5.41) is 8.48. The molecule has 0 atom stereocenters. The molecule has 0 saturated carbocycles. The van der Waals surface area contributed by atoms with Crippen LogP contribution in [0, 0.1) is 0 Å². The molecule has 0 aliphatic carbocycles. The molecule has 3 rings (SSSR count). The molecule has 25 heavy (non-hydrogen) atoms. The van der Waals surface area contributed by atoms with E-state index >= 15 is 0 Å². The van der Waals surface area contributed by atoms with Gasteiger partial charge in [-0.3, -0.25) is 4.79 Å². The first kappa shape index (κ1) is 17.8. The molecule has 3 aromatic heterocycles. The maximum absolute atomic E-state index is 12.5. The number of amides is 1. The monoisotopic (exact) mass is 397 g/mol. The Kier molecular flexibility index (Phi) is 5.67. The fraction of sp³-hybridized carbons (Fsp3) is 0.267. The number of carbonyl (C=O) groups excluding carboxylic acids is 1. The Balaban J connectivity index is 1.61. The highest BCUT2D eigenvalue weighted by molar-refractivity contribution is 7.99. The van der Waals surface area contributed by atoms with E-state index < -0.39 is 0 Å². The molecule has 0 aliphatic heterocycles. The zero-order chi connectivity index (χ0) is 17.8. The van der Waals surface area contributed by atoms with E-state index in [-0.39, 0.29) is 11.7 Å². The number of hydrogen-bond donors (Lipinski definition) is 1. The van der Waals surface area contributed by atoms with Crippen molar-refractivity contribution in [2.24, 2.45) is 0 Å². The lowest BCUT2D eigenvalue weighted by molar-refractivity contribution is -0.128. The maximum atomic E-state index is 12.5. The Hall–Kier alpha value is -1.97. The molecule has 0 fully saturated rings. The molecule has 132 valence electrons. The van der Waals surface area contributed by atoms with Gasteiger partial charge in [0.25, 0.3) is 0 Å². The first-order chi connectivity index (χ1) is 12.1. The van der Waals surface area contributed by atoms with E-state index in [0.29, 0.717) is 29.8 Å². The third-order valence-corrected chi connectivity index (χ3v) is 5.58. The molecular formula is C15H16ClN5O2S2. The Morgan fingerprint density at radius 1 is 1.44 bits per heavy atom. The lowest BCUT2D eigenvalue weighted by atomic mass is 10.4. The van der Waals surface area contributed by atoms with Gasteiger partial charge in [0, 0.05) is 11.4 Å². The van der Waals surface area contributed by atoms with E-state index in [4.69, 9.17) is 21.9 Å². The van der Waals surface area contributed by atoms with Crippen LogP contribution in [-0.2, 0) is 11.3 Å². The van der Waals surface area contributed by atoms with Crippen molar-refractivity contribution in [2.75, 3.05) is 18.1 Å². The van der Waals surface area contributed by atoms with E-state index in [9.17, 15) is 4.79 Å². The second-order valence-electron chi connectivity index (χ2n) is 5.06. The molecule has 2 N–H and O–H groups in total. The number of rotatable bonds is 7. The molecule has 10 heteroatoms. The van der Waals surface area contributed by atoms with Crippen LogP contribution >= 0.6 is 34.7 Å². The number of carbonyl (C=O) groups is 1. The van der Waals surface area contributed by atoms with E-state index in [1.807, 2.05) is 19.1 Å². The second-order valence-corrected chi connectivity index (χ2v) is 7.80. The molecule has 1 amide bonds. The van der Waals surface area contributed by atoms with Crippen LogP contribution in [0.15, 0.2) is 40.1 Å². The van der Waals surface area contributed by atoms with Crippen LogP contribution in [0.3, 0.4) is 0 Å². The first-order valence-corrected chi connectivity index (χ1v) is 9.65. The standard InChI is InChI=1S/C15H16ClN5O2S2/c1-2-20(8-10-5-6-12(16)25-10)13(22)9-24-15-19-18-14(21(15)17)11-4-3-7-23-11/h3-7H,2,8-9,17H2,1H3. The normalized spacial score (nSPS) is 11.0. The van der Waals surface area contributed by atoms with Gasteiger partial charge in [0.2, 0.25) is 16.9 Å². The minimum absolute atomic E-state index is 0.000397. The smallest absolute Gasteiger partial charge is 0.233 e. The van der Waals surface area contributed by atoms with Crippen molar-refractivity contribution in [1.29, 1.82) is 0 Å². The fourth-order valence-electron chi connectivity index (χ4n) is 2.17. The number of nitrogens with two attached hydrogens (primary N) is 1. The molecular weight excluding hydrogens is 382 g/mol. The van der Waals surface area contributed by atoms with Gasteiger partial charge in [0.1, 0.15) is 0 Å². The number of furan rings is 1. The van der Waals surface area contributed by atoms with Crippen molar-refractivity contribution >= 4 is 40.6 Å². The van der Waals surface area contributed by atoms with E-state index in [0.717, 1.165) is 9.21 Å².